The zero-order valence-corrected chi connectivity index (χ0v) is 11.6. The zero-order chi connectivity index (χ0) is 12.7. The lowest BCUT2D eigenvalue weighted by Crippen LogP contribution is -2.45. The van der Waals surface area contributed by atoms with E-state index in [9.17, 15) is 5.26 Å². The highest BCUT2D eigenvalue weighted by Crippen LogP contribution is 2.18. The number of hydrogen-bond donors (Lipinski definition) is 1. The van der Waals surface area contributed by atoms with Crippen molar-refractivity contribution in [3.63, 3.8) is 0 Å². The molecule has 0 aliphatic carbocycles. The molecule has 3 nitrogen and oxygen atoms in total. The van der Waals surface area contributed by atoms with Crippen molar-refractivity contribution in [2.75, 3.05) is 19.6 Å². The van der Waals surface area contributed by atoms with Crippen molar-refractivity contribution in [2.45, 2.75) is 64.5 Å². The van der Waals surface area contributed by atoms with Gasteiger partial charge in [-0.2, -0.15) is 5.26 Å². The Morgan fingerprint density at radius 2 is 2.18 bits per heavy atom. The predicted molar refractivity (Wildman–Crippen MR) is 71.8 cm³/mol. The minimum atomic E-state index is -0.360. The Hall–Kier alpha value is -0.590. The number of hydrogen-bond acceptors (Lipinski definition) is 3. The van der Waals surface area contributed by atoms with Gasteiger partial charge >= 0.3 is 0 Å². The van der Waals surface area contributed by atoms with Gasteiger partial charge in [0, 0.05) is 12.6 Å². The molecule has 1 aliphatic rings. The third-order valence-electron chi connectivity index (χ3n) is 3.90. The molecule has 1 aliphatic heterocycles. The molecule has 1 rings (SSSR count). The van der Waals surface area contributed by atoms with Gasteiger partial charge in [0.1, 0.15) is 5.54 Å². The average Bonchev–Trinajstić information content (AvgIpc) is 2.52. The molecule has 0 amide bonds. The van der Waals surface area contributed by atoms with Crippen LogP contribution in [0.5, 0.6) is 0 Å². The van der Waals surface area contributed by atoms with Crippen LogP contribution in [0.2, 0.25) is 0 Å². The van der Waals surface area contributed by atoms with Gasteiger partial charge in [0.2, 0.25) is 0 Å². The molecule has 0 bridgehead atoms. The van der Waals surface area contributed by atoms with E-state index in [2.05, 4.69) is 30.1 Å². The Morgan fingerprint density at radius 1 is 1.41 bits per heavy atom. The number of rotatable bonds is 5. The summed E-state index contributed by atoms with van der Waals surface area (Å²) < 4.78 is 0. The molecular weight excluding hydrogens is 210 g/mol. The van der Waals surface area contributed by atoms with Crippen LogP contribution >= 0.6 is 0 Å². The van der Waals surface area contributed by atoms with Crippen LogP contribution < -0.4 is 5.32 Å². The maximum atomic E-state index is 9.24. The molecule has 1 heterocycles. The molecular formula is C14H27N3. The molecule has 17 heavy (non-hydrogen) atoms. The molecule has 0 aromatic heterocycles. The summed E-state index contributed by atoms with van der Waals surface area (Å²) >= 11 is 0. The van der Waals surface area contributed by atoms with Crippen LogP contribution in [-0.4, -0.2) is 36.1 Å². The highest BCUT2D eigenvalue weighted by atomic mass is 15.2. The summed E-state index contributed by atoms with van der Waals surface area (Å²) in [6.45, 7) is 9.50. The summed E-state index contributed by atoms with van der Waals surface area (Å²) in [5.41, 5.74) is -0.360. The molecule has 2 atom stereocenters. The van der Waals surface area contributed by atoms with Crippen LogP contribution in [0, 0.1) is 11.3 Å². The maximum Gasteiger partial charge on any atom is 0.105 e. The standard InChI is InChI=1S/C14H27N3/c1-4-16-14(3,12-15)9-11-17-10-7-5-6-8-13(17)2/h13,16H,4-11H2,1-3H3. The molecule has 1 saturated heterocycles. The second kappa shape index (κ2) is 6.98. The van der Waals surface area contributed by atoms with Crippen LogP contribution in [-0.2, 0) is 0 Å². The second-order valence-electron chi connectivity index (χ2n) is 5.46. The molecule has 1 N–H and O–H groups in total. The van der Waals surface area contributed by atoms with Gasteiger partial charge in [-0.25, -0.2) is 0 Å². The van der Waals surface area contributed by atoms with Crippen molar-refractivity contribution in [3.05, 3.63) is 0 Å². The highest BCUT2D eigenvalue weighted by molar-refractivity contribution is 5.03. The molecule has 2 unspecified atom stereocenters. The van der Waals surface area contributed by atoms with E-state index in [0.29, 0.717) is 6.04 Å². The molecule has 0 aromatic rings. The summed E-state index contributed by atoms with van der Waals surface area (Å²) in [5, 5.41) is 12.5. The lowest BCUT2D eigenvalue weighted by atomic mass is 9.99. The first-order valence-electron chi connectivity index (χ1n) is 7.01. The van der Waals surface area contributed by atoms with Crippen molar-refractivity contribution < 1.29 is 0 Å². The van der Waals surface area contributed by atoms with Crippen LogP contribution in [0.25, 0.3) is 0 Å². The lowest BCUT2D eigenvalue weighted by Gasteiger charge is -2.31. The summed E-state index contributed by atoms with van der Waals surface area (Å²) in [5.74, 6) is 0. The smallest absolute Gasteiger partial charge is 0.105 e. The van der Waals surface area contributed by atoms with E-state index in [-0.39, 0.29) is 5.54 Å². The Bertz CT molecular complexity index is 259. The monoisotopic (exact) mass is 237 g/mol. The lowest BCUT2D eigenvalue weighted by molar-refractivity contribution is 0.195. The molecule has 0 aromatic carbocycles. The molecule has 0 radical (unpaired) electrons. The third kappa shape index (κ3) is 4.65. The van der Waals surface area contributed by atoms with Gasteiger partial charge in [-0.15, -0.1) is 0 Å². The Kier molecular flexibility index (Phi) is 5.94. The molecule has 1 fully saturated rings. The Labute approximate surface area is 106 Å². The first-order valence-corrected chi connectivity index (χ1v) is 7.01. The fourth-order valence-corrected chi connectivity index (χ4v) is 2.61. The van der Waals surface area contributed by atoms with Crippen molar-refractivity contribution >= 4 is 0 Å². The van der Waals surface area contributed by atoms with Crippen molar-refractivity contribution in [2.24, 2.45) is 0 Å². The fraction of sp³-hybridized carbons (Fsp3) is 0.929. The first-order chi connectivity index (χ1) is 8.11. The second-order valence-corrected chi connectivity index (χ2v) is 5.46. The summed E-state index contributed by atoms with van der Waals surface area (Å²) in [6, 6.07) is 3.09. The van der Waals surface area contributed by atoms with E-state index in [1.807, 2.05) is 6.92 Å². The molecule has 0 saturated carbocycles. The van der Waals surface area contributed by atoms with Crippen LogP contribution in [0.1, 0.15) is 52.9 Å². The Morgan fingerprint density at radius 3 is 2.82 bits per heavy atom. The van der Waals surface area contributed by atoms with Gasteiger partial charge in [0.25, 0.3) is 0 Å². The number of nitriles is 1. The molecule has 3 heteroatoms. The highest BCUT2D eigenvalue weighted by Gasteiger charge is 2.25. The van der Waals surface area contributed by atoms with Gasteiger partial charge in [0.05, 0.1) is 6.07 Å². The summed E-state index contributed by atoms with van der Waals surface area (Å²) in [7, 11) is 0. The van der Waals surface area contributed by atoms with Crippen LogP contribution in [0.4, 0.5) is 0 Å². The van der Waals surface area contributed by atoms with Gasteiger partial charge in [-0.05, 0) is 46.2 Å². The van der Waals surface area contributed by atoms with Crippen molar-refractivity contribution in [3.8, 4) is 6.07 Å². The number of nitrogens with zero attached hydrogens (tertiary/aromatic N) is 2. The maximum absolute atomic E-state index is 9.24. The predicted octanol–water partition coefficient (Wildman–Crippen LogP) is 2.53. The van der Waals surface area contributed by atoms with Crippen LogP contribution in [0.15, 0.2) is 0 Å². The van der Waals surface area contributed by atoms with Crippen LogP contribution in [0.3, 0.4) is 0 Å². The topological polar surface area (TPSA) is 39.1 Å². The minimum Gasteiger partial charge on any atom is -0.301 e. The number of likely N-dealkylation sites (tertiary alicyclic amines) is 1. The Balaban J connectivity index is 2.44. The van der Waals surface area contributed by atoms with Crippen molar-refractivity contribution in [1.82, 2.24) is 10.2 Å². The normalized spacial score (nSPS) is 25.9. The largest absolute Gasteiger partial charge is 0.301 e. The van der Waals surface area contributed by atoms with E-state index in [1.54, 1.807) is 0 Å². The van der Waals surface area contributed by atoms with Gasteiger partial charge < -0.3 is 4.90 Å². The fourth-order valence-electron chi connectivity index (χ4n) is 2.61. The third-order valence-corrected chi connectivity index (χ3v) is 3.90. The first kappa shape index (κ1) is 14.5. The van der Waals surface area contributed by atoms with E-state index < -0.39 is 0 Å². The van der Waals surface area contributed by atoms with Gasteiger partial charge in [-0.3, -0.25) is 5.32 Å². The van der Waals surface area contributed by atoms with E-state index in [0.717, 1.165) is 19.5 Å². The quantitative estimate of drug-likeness (QED) is 0.798. The van der Waals surface area contributed by atoms with Gasteiger partial charge in [-0.1, -0.05) is 19.8 Å². The van der Waals surface area contributed by atoms with E-state index in [1.165, 1.54) is 32.2 Å². The van der Waals surface area contributed by atoms with E-state index >= 15 is 0 Å². The average molecular weight is 237 g/mol. The molecule has 0 spiro atoms. The van der Waals surface area contributed by atoms with Crippen molar-refractivity contribution in [1.29, 1.82) is 5.26 Å². The van der Waals surface area contributed by atoms with Gasteiger partial charge in [0.15, 0.2) is 0 Å². The molecule has 98 valence electrons. The van der Waals surface area contributed by atoms with E-state index in [4.69, 9.17) is 0 Å². The number of nitrogens with one attached hydrogen (secondary N) is 1. The zero-order valence-electron chi connectivity index (χ0n) is 11.6. The minimum absolute atomic E-state index is 0.360. The SMILES string of the molecule is CCNC(C)(C#N)CCN1CCCCCC1C. The summed E-state index contributed by atoms with van der Waals surface area (Å²) in [4.78, 5) is 2.56. The summed E-state index contributed by atoms with van der Waals surface area (Å²) in [6.07, 6.45) is 6.27.